The van der Waals surface area contributed by atoms with Crippen LogP contribution < -0.4 is 5.32 Å². The van der Waals surface area contributed by atoms with E-state index in [0.717, 1.165) is 34.0 Å². The minimum atomic E-state index is -0.0372. The van der Waals surface area contributed by atoms with Gasteiger partial charge in [-0.3, -0.25) is 4.79 Å². The van der Waals surface area contributed by atoms with Gasteiger partial charge in [-0.25, -0.2) is 4.98 Å². The van der Waals surface area contributed by atoms with Crippen molar-refractivity contribution in [1.29, 1.82) is 0 Å². The van der Waals surface area contributed by atoms with E-state index in [1.54, 1.807) is 34.4 Å². The molecule has 1 aromatic carbocycles. The van der Waals surface area contributed by atoms with Crippen LogP contribution in [0.5, 0.6) is 0 Å². The highest BCUT2D eigenvalue weighted by atomic mass is 32.2. The molecule has 0 saturated heterocycles. The molecule has 2 heterocycles. The van der Waals surface area contributed by atoms with E-state index in [1.807, 2.05) is 24.3 Å². The zero-order valence-corrected chi connectivity index (χ0v) is 17.1. The number of nitrogens with one attached hydrogen (secondary N) is 1. The molecule has 0 fully saturated rings. The number of carbonyl (C=O) groups is 1. The average Bonchev–Trinajstić information content (AvgIpc) is 3.21. The molecule has 0 saturated carbocycles. The molecule has 0 aliphatic rings. The van der Waals surface area contributed by atoms with Crippen molar-refractivity contribution in [3.63, 3.8) is 0 Å². The molecule has 3 aromatic rings. The maximum Gasteiger partial charge on any atom is 0.261 e. The van der Waals surface area contributed by atoms with Gasteiger partial charge in [-0.05, 0) is 55.5 Å². The minimum Gasteiger partial charge on any atom is -0.342 e. The fraction of sp³-hybridized carbons (Fsp3) is 0.368. The number of fused-ring (bicyclic) bond motifs is 1. The van der Waals surface area contributed by atoms with Gasteiger partial charge in [0.15, 0.2) is 0 Å². The minimum absolute atomic E-state index is 0.0122. The largest absolute Gasteiger partial charge is 0.342 e. The van der Waals surface area contributed by atoms with E-state index in [2.05, 4.69) is 31.5 Å². The van der Waals surface area contributed by atoms with Crippen molar-refractivity contribution in [3.05, 3.63) is 50.7 Å². The molecule has 0 aliphatic heterocycles. The highest BCUT2D eigenvalue weighted by Crippen LogP contribution is 2.29. The van der Waals surface area contributed by atoms with Gasteiger partial charge in [0.1, 0.15) is 5.01 Å². The third kappa shape index (κ3) is 4.25. The molecule has 3 nitrogen and oxygen atoms in total. The van der Waals surface area contributed by atoms with Gasteiger partial charge >= 0.3 is 0 Å². The molecule has 0 spiro atoms. The van der Waals surface area contributed by atoms with Crippen LogP contribution in [0, 0.1) is 6.92 Å². The molecule has 132 valence electrons. The number of para-hydroxylation sites is 1. The van der Waals surface area contributed by atoms with Crippen molar-refractivity contribution >= 4 is 50.6 Å². The van der Waals surface area contributed by atoms with Crippen LogP contribution in [0.2, 0.25) is 0 Å². The molecular formula is C19H22N2OS3. The number of hydrogen-bond acceptors (Lipinski definition) is 5. The quantitative estimate of drug-likeness (QED) is 0.583. The average molecular weight is 391 g/mol. The van der Waals surface area contributed by atoms with Crippen molar-refractivity contribution in [2.45, 2.75) is 32.7 Å². The lowest BCUT2D eigenvalue weighted by Crippen LogP contribution is -2.28. The molecule has 0 bridgehead atoms. The first-order chi connectivity index (χ1) is 12.1. The second-order valence-electron chi connectivity index (χ2n) is 5.87. The molecule has 3 rings (SSSR count). The monoisotopic (exact) mass is 390 g/mol. The van der Waals surface area contributed by atoms with Crippen molar-refractivity contribution < 1.29 is 4.79 Å². The lowest BCUT2D eigenvalue weighted by Gasteiger charge is -2.15. The highest BCUT2D eigenvalue weighted by molar-refractivity contribution is 7.98. The molecule has 0 unspecified atom stereocenters. The lowest BCUT2D eigenvalue weighted by molar-refractivity contribution is 0.0940. The number of hydrogen-bond donors (Lipinski definition) is 1. The Bertz CT molecular complexity index is 836. The molecule has 1 N–H and O–H groups in total. The number of thiophene rings is 1. The standard InChI is InChI=1S/C19H22N2OS3/c1-4-13-11-17(24-12(13)2)18(22)20-15(9-10-23-3)19-21-14-7-5-6-8-16(14)25-19/h5-8,11,15H,4,9-10H2,1-3H3,(H,20,22)/t15-/m0/s1. The topological polar surface area (TPSA) is 42.0 Å². The van der Waals surface area contributed by atoms with Gasteiger partial charge in [0.05, 0.1) is 21.1 Å². The fourth-order valence-electron chi connectivity index (χ4n) is 2.74. The molecule has 6 heteroatoms. The van der Waals surface area contributed by atoms with Gasteiger partial charge < -0.3 is 5.32 Å². The zero-order valence-electron chi connectivity index (χ0n) is 14.7. The van der Waals surface area contributed by atoms with Gasteiger partial charge in [0.2, 0.25) is 0 Å². The maximum absolute atomic E-state index is 12.8. The molecule has 0 aliphatic carbocycles. The van der Waals surface area contributed by atoms with E-state index in [-0.39, 0.29) is 11.9 Å². The van der Waals surface area contributed by atoms with Crippen LogP contribution in [0.15, 0.2) is 30.3 Å². The third-order valence-electron chi connectivity index (χ3n) is 4.15. The van der Waals surface area contributed by atoms with Crippen LogP contribution in [-0.4, -0.2) is 22.9 Å². The number of aryl methyl sites for hydroxylation is 2. The molecular weight excluding hydrogens is 368 g/mol. The fourth-order valence-corrected chi connectivity index (χ4v) is 5.29. The van der Waals surface area contributed by atoms with Crippen LogP contribution >= 0.6 is 34.4 Å². The smallest absolute Gasteiger partial charge is 0.261 e. The van der Waals surface area contributed by atoms with Crippen LogP contribution in [0.25, 0.3) is 10.2 Å². The second-order valence-corrected chi connectivity index (χ2v) is 9.18. The number of benzene rings is 1. The Morgan fingerprint density at radius 1 is 1.32 bits per heavy atom. The third-order valence-corrected chi connectivity index (χ3v) is 7.04. The van der Waals surface area contributed by atoms with Crippen LogP contribution in [0.1, 0.15) is 44.5 Å². The summed E-state index contributed by atoms with van der Waals surface area (Å²) in [6.45, 7) is 4.21. The lowest BCUT2D eigenvalue weighted by atomic mass is 10.2. The SMILES string of the molecule is CCc1cc(C(=O)N[C@@H](CCSC)c2nc3ccccc3s2)sc1C. The van der Waals surface area contributed by atoms with Gasteiger partial charge in [-0.15, -0.1) is 22.7 Å². The molecule has 2 aromatic heterocycles. The number of carbonyl (C=O) groups excluding carboxylic acids is 1. The van der Waals surface area contributed by atoms with E-state index >= 15 is 0 Å². The van der Waals surface area contributed by atoms with E-state index < -0.39 is 0 Å². The van der Waals surface area contributed by atoms with Crippen LogP contribution in [-0.2, 0) is 6.42 Å². The normalized spacial score (nSPS) is 12.4. The first-order valence-electron chi connectivity index (χ1n) is 8.37. The Morgan fingerprint density at radius 3 is 2.80 bits per heavy atom. The highest BCUT2D eigenvalue weighted by Gasteiger charge is 2.21. The number of nitrogens with zero attached hydrogens (tertiary/aromatic N) is 1. The van der Waals surface area contributed by atoms with Crippen LogP contribution in [0.3, 0.4) is 0 Å². The predicted octanol–water partition coefficient (Wildman–Crippen LogP) is 5.45. The maximum atomic E-state index is 12.8. The summed E-state index contributed by atoms with van der Waals surface area (Å²) in [5, 5.41) is 4.21. The van der Waals surface area contributed by atoms with Crippen molar-refractivity contribution in [3.8, 4) is 0 Å². The number of aromatic nitrogens is 1. The summed E-state index contributed by atoms with van der Waals surface area (Å²) in [7, 11) is 0. The van der Waals surface area contributed by atoms with Gasteiger partial charge in [-0.1, -0.05) is 19.1 Å². The Labute approximate surface area is 160 Å². The number of rotatable bonds is 7. The second kappa shape index (κ2) is 8.34. The first-order valence-corrected chi connectivity index (χ1v) is 11.4. The Hall–Kier alpha value is -1.37. The summed E-state index contributed by atoms with van der Waals surface area (Å²) in [4.78, 5) is 19.5. The van der Waals surface area contributed by atoms with Gasteiger partial charge in [0, 0.05) is 4.88 Å². The summed E-state index contributed by atoms with van der Waals surface area (Å²) < 4.78 is 1.17. The molecule has 25 heavy (non-hydrogen) atoms. The Morgan fingerprint density at radius 2 is 2.12 bits per heavy atom. The zero-order chi connectivity index (χ0) is 17.8. The van der Waals surface area contributed by atoms with E-state index in [9.17, 15) is 4.79 Å². The Kier molecular flexibility index (Phi) is 6.15. The molecule has 1 amide bonds. The molecule has 1 atom stereocenters. The predicted molar refractivity (Wildman–Crippen MR) is 111 cm³/mol. The van der Waals surface area contributed by atoms with Crippen molar-refractivity contribution in [2.24, 2.45) is 0 Å². The number of amides is 1. The van der Waals surface area contributed by atoms with E-state index in [1.165, 1.54) is 15.1 Å². The van der Waals surface area contributed by atoms with Crippen molar-refractivity contribution in [2.75, 3.05) is 12.0 Å². The number of thiazole rings is 1. The van der Waals surface area contributed by atoms with Crippen molar-refractivity contribution in [1.82, 2.24) is 10.3 Å². The van der Waals surface area contributed by atoms with Crippen LogP contribution in [0.4, 0.5) is 0 Å². The van der Waals surface area contributed by atoms with E-state index in [4.69, 9.17) is 4.98 Å². The summed E-state index contributed by atoms with van der Waals surface area (Å²) in [5.41, 5.74) is 2.27. The summed E-state index contributed by atoms with van der Waals surface area (Å²) in [5.74, 6) is 1.00. The number of thioether (sulfide) groups is 1. The van der Waals surface area contributed by atoms with E-state index in [0.29, 0.717) is 0 Å². The molecule has 0 radical (unpaired) electrons. The first kappa shape index (κ1) is 18.4. The summed E-state index contributed by atoms with van der Waals surface area (Å²) in [6.07, 6.45) is 3.94. The summed E-state index contributed by atoms with van der Waals surface area (Å²) >= 11 is 5.05. The Balaban J connectivity index is 1.83. The van der Waals surface area contributed by atoms with Gasteiger partial charge in [0.25, 0.3) is 5.91 Å². The van der Waals surface area contributed by atoms with Gasteiger partial charge in [-0.2, -0.15) is 11.8 Å². The summed E-state index contributed by atoms with van der Waals surface area (Å²) in [6, 6.07) is 10.1.